The summed E-state index contributed by atoms with van der Waals surface area (Å²) in [5.74, 6) is 0. The maximum Gasteiger partial charge on any atom is 0.216 e. The van der Waals surface area contributed by atoms with Crippen LogP contribution in [0.25, 0.3) is 44.3 Å². The number of nitrogens with zero attached hydrogens (tertiary/aromatic N) is 2. The molecule has 0 aliphatic heterocycles. The van der Waals surface area contributed by atoms with Crippen molar-refractivity contribution in [3.63, 3.8) is 0 Å². The van der Waals surface area contributed by atoms with Gasteiger partial charge in [0.1, 0.15) is 18.2 Å². The Labute approximate surface area is 238 Å². The third-order valence-electron chi connectivity index (χ3n) is 8.77. The second-order valence-electron chi connectivity index (χ2n) is 13.5. The van der Waals surface area contributed by atoms with Crippen molar-refractivity contribution in [3.8, 4) is 28.5 Å². The quantitative estimate of drug-likeness (QED) is 0.220. The maximum absolute atomic E-state index is 10.2. The van der Waals surface area contributed by atoms with Gasteiger partial charge in [0, 0.05) is 28.0 Å². The van der Waals surface area contributed by atoms with Crippen molar-refractivity contribution in [2.45, 2.75) is 73.1 Å². The standard InChI is InChI=1S/C37H39N2O/c1-9-23-21-39(8)31(17-30(23)36(3,4)5)32-22(2)10-14-28-29-15-13-26(20-38)33(35(29)40-34(28)32)24-11-12-25-18-37(6,7)19-27(25)16-24/h10-17,21H,9,18-19H2,1-8H3/q+1. The summed E-state index contributed by atoms with van der Waals surface area (Å²) < 4.78 is 9.12. The van der Waals surface area contributed by atoms with Crippen molar-refractivity contribution in [2.75, 3.05) is 0 Å². The van der Waals surface area contributed by atoms with Crippen LogP contribution in [0.5, 0.6) is 0 Å². The number of nitriles is 1. The molecule has 40 heavy (non-hydrogen) atoms. The lowest BCUT2D eigenvalue weighted by atomic mass is 9.82. The van der Waals surface area contributed by atoms with Gasteiger partial charge in [-0.05, 0) is 77.0 Å². The predicted octanol–water partition coefficient (Wildman–Crippen LogP) is 8.91. The molecule has 0 radical (unpaired) electrons. The normalized spacial score (nSPS) is 14.6. The van der Waals surface area contributed by atoms with Crippen LogP contribution in [0.15, 0.2) is 59.1 Å². The molecule has 0 bridgehead atoms. The molecule has 3 nitrogen and oxygen atoms in total. The number of fused-ring (bicyclic) bond motifs is 4. The Morgan fingerprint density at radius 2 is 1.60 bits per heavy atom. The molecular formula is C37H39N2O+. The van der Waals surface area contributed by atoms with Crippen LogP contribution in [-0.4, -0.2) is 0 Å². The van der Waals surface area contributed by atoms with Gasteiger partial charge in [0.15, 0.2) is 6.20 Å². The van der Waals surface area contributed by atoms with Crippen LogP contribution in [0.4, 0.5) is 0 Å². The zero-order valence-electron chi connectivity index (χ0n) is 25.1. The fraction of sp³-hybridized carbons (Fsp3) is 0.351. The molecule has 0 saturated carbocycles. The van der Waals surface area contributed by atoms with Crippen LogP contribution in [0.3, 0.4) is 0 Å². The second-order valence-corrected chi connectivity index (χ2v) is 13.5. The minimum Gasteiger partial charge on any atom is -0.454 e. The summed E-state index contributed by atoms with van der Waals surface area (Å²) in [6.07, 6.45) is 5.42. The van der Waals surface area contributed by atoms with E-state index >= 15 is 0 Å². The van der Waals surface area contributed by atoms with Gasteiger partial charge in [-0.25, -0.2) is 4.57 Å². The van der Waals surface area contributed by atoms with Gasteiger partial charge >= 0.3 is 0 Å². The van der Waals surface area contributed by atoms with Gasteiger partial charge in [-0.2, -0.15) is 5.26 Å². The molecule has 1 aliphatic rings. The fourth-order valence-electron chi connectivity index (χ4n) is 6.84. The molecule has 3 aromatic carbocycles. The van der Waals surface area contributed by atoms with E-state index in [-0.39, 0.29) is 10.8 Å². The highest BCUT2D eigenvalue weighted by Gasteiger charge is 2.30. The Balaban J connectivity index is 1.65. The third-order valence-corrected chi connectivity index (χ3v) is 8.77. The van der Waals surface area contributed by atoms with E-state index in [4.69, 9.17) is 4.42 Å². The Kier molecular flexibility index (Phi) is 5.97. The number of furan rings is 1. The summed E-state index contributed by atoms with van der Waals surface area (Å²) in [5, 5.41) is 12.3. The third kappa shape index (κ3) is 4.13. The SMILES string of the molecule is CCc1c[n+](C)c(-c2c(C)ccc3c2oc2c(-c4ccc5c(c4)CC(C)(C)C5)c(C#N)ccc23)cc1C(C)(C)C. The number of benzene rings is 3. The summed E-state index contributed by atoms with van der Waals surface area (Å²) in [4.78, 5) is 0. The average Bonchev–Trinajstić information content (AvgIpc) is 3.42. The number of pyridine rings is 1. The Morgan fingerprint density at radius 1 is 0.925 bits per heavy atom. The molecule has 0 fully saturated rings. The van der Waals surface area contributed by atoms with Crippen LogP contribution < -0.4 is 4.57 Å². The van der Waals surface area contributed by atoms with Gasteiger partial charge in [-0.3, -0.25) is 0 Å². The Bertz CT molecular complexity index is 1870. The minimum absolute atomic E-state index is 0.0288. The molecule has 1 aliphatic carbocycles. The first-order valence-corrected chi connectivity index (χ1v) is 14.5. The number of aromatic nitrogens is 1. The van der Waals surface area contributed by atoms with Crippen molar-refractivity contribution in [1.82, 2.24) is 0 Å². The zero-order valence-corrected chi connectivity index (χ0v) is 25.1. The van der Waals surface area contributed by atoms with Gasteiger partial charge in [-0.1, -0.05) is 71.9 Å². The highest BCUT2D eigenvalue weighted by atomic mass is 16.3. The molecule has 0 spiro atoms. The van der Waals surface area contributed by atoms with Crippen LogP contribution in [0.1, 0.15) is 74.9 Å². The molecule has 2 heterocycles. The van der Waals surface area contributed by atoms with Gasteiger partial charge in [-0.15, -0.1) is 0 Å². The number of rotatable bonds is 3. The van der Waals surface area contributed by atoms with Gasteiger partial charge in [0.25, 0.3) is 0 Å². The van der Waals surface area contributed by atoms with E-state index in [1.807, 2.05) is 6.07 Å². The highest BCUT2D eigenvalue weighted by molar-refractivity contribution is 6.14. The van der Waals surface area contributed by atoms with Crippen LogP contribution in [0, 0.1) is 23.7 Å². The van der Waals surface area contributed by atoms with E-state index < -0.39 is 0 Å². The van der Waals surface area contributed by atoms with E-state index in [1.54, 1.807) is 0 Å². The van der Waals surface area contributed by atoms with Gasteiger partial charge in [0.05, 0.1) is 17.2 Å². The van der Waals surface area contributed by atoms with Crippen molar-refractivity contribution in [1.29, 1.82) is 5.26 Å². The zero-order chi connectivity index (χ0) is 28.6. The number of aryl methyl sites for hydroxylation is 3. The van der Waals surface area contributed by atoms with Crippen LogP contribution >= 0.6 is 0 Å². The van der Waals surface area contributed by atoms with E-state index in [9.17, 15) is 5.26 Å². The lowest BCUT2D eigenvalue weighted by molar-refractivity contribution is -0.660. The topological polar surface area (TPSA) is 40.8 Å². The fourth-order valence-corrected chi connectivity index (χ4v) is 6.84. The number of hydrogen-bond donors (Lipinski definition) is 0. The first-order valence-electron chi connectivity index (χ1n) is 14.5. The maximum atomic E-state index is 10.2. The molecular weight excluding hydrogens is 488 g/mol. The van der Waals surface area contributed by atoms with E-state index in [1.165, 1.54) is 27.8 Å². The van der Waals surface area contributed by atoms with Crippen LogP contribution in [0.2, 0.25) is 0 Å². The molecule has 5 aromatic rings. The van der Waals surface area contributed by atoms with Crippen molar-refractivity contribution < 1.29 is 8.98 Å². The largest absolute Gasteiger partial charge is 0.454 e. The highest BCUT2D eigenvalue weighted by Crippen LogP contribution is 2.44. The molecule has 202 valence electrons. The lowest BCUT2D eigenvalue weighted by Gasteiger charge is -2.22. The van der Waals surface area contributed by atoms with Crippen molar-refractivity contribution >= 4 is 21.9 Å². The summed E-state index contributed by atoms with van der Waals surface area (Å²) in [6.45, 7) is 15.9. The molecule has 6 rings (SSSR count). The van der Waals surface area contributed by atoms with E-state index in [0.717, 1.165) is 63.6 Å². The first kappa shape index (κ1) is 26.3. The Morgan fingerprint density at radius 3 is 2.27 bits per heavy atom. The van der Waals surface area contributed by atoms with Gasteiger partial charge in [0.2, 0.25) is 5.69 Å². The molecule has 2 aromatic heterocycles. The monoisotopic (exact) mass is 527 g/mol. The van der Waals surface area contributed by atoms with Crippen LogP contribution in [-0.2, 0) is 31.7 Å². The average molecular weight is 528 g/mol. The molecule has 0 N–H and O–H groups in total. The smallest absolute Gasteiger partial charge is 0.216 e. The molecule has 0 amide bonds. The number of hydrogen-bond acceptors (Lipinski definition) is 2. The van der Waals surface area contributed by atoms with Crippen molar-refractivity contribution in [2.24, 2.45) is 12.5 Å². The molecule has 0 atom stereocenters. The van der Waals surface area contributed by atoms with Crippen molar-refractivity contribution in [3.05, 3.63) is 88.1 Å². The van der Waals surface area contributed by atoms with E-state index in [0.29, 0.717) is 5.56 Å². The first-order chi connectivity index (χ1) is 18.9. The molecule has 3 heteroatoms. The second kappa shape index (κ2) is 9.07. The molecule has 0 unspecified atom stereocenters. The Hall–Kier alpha value is -3.90. The lowest BCUT2D eigenvalue weighted by Crippen LogP contribution is -2.33. The predicted molar refractivity (Wildman–Crippen MR) is 164 cm³/mol. The minimum atomic E-state index is 0.0288. The molecule has 0 saturated heterocycles. The summed E-state index contributed by atoms with van der Waals surface area (Å²) >= 11 is 0. The van der Waals surface area contributed by atoms with Gasteiger partial charge < -0.3 is 4.42 Å². The summed E-state index contributed by atoms with van der Waals surface area (Å²) in [6, 6.07) is 19.9. The van der Waals surface area contributed by atoms with E-state index in [2.05, 4.69) is 115 Å². The summed E-state index contributed by atoms with van der Waals surface area (Å²) in [5.41, 5.74) is 13.5. The summed E-state index contributed by atoms with van der Waals surface area (Å²) in [7, 11) is 2.13.